The molecule has 1 aromatic heterocycles. The van der Waals surface area contributed by atoms with Crippen molar-refractivity contribution in [2.45, 2.75) is 50.7 Å². The van der Waals surface area contributed by atoms with Gasteiger partial charge in [-0.05, 0) is 32.1 Å². The summed E-state index contributed by atoms with van der Waals surface area (Å²) in [4.78, 5) is 18.5. The number of ether oxygens (including phenoxy) is 2. The van der Waals surface area contributed by atoms with Crippen molar-refractivity contribution in [3.8, 4) is 0 Å². The number of morpholine rings is 1. The minimum Gasteiger partial charge on any atom is -0.462 e. The van der Waals surface area contributed by atoms with Gasteiger partial charge in [0.15, 0.2) is 5.96 Å². The molecule has 0 spiro atoms. The molecule has 150 valence electrons. The quantitative estimate of drug-likeness (QED) is 0.351. The molecule has 0 radical (unpaired) electrons. The van der Waals surface area contributed by atoms with Gasteiger partial charge in [0.1, 0.15) is 12.2 Å². The third-order valence-corrected chi connectivity index (χ3v) is 5.12. The van der Waals surface area contributed by atoms with Crippen LogP contribution in [0, 0.1) is 0 Å². The molecule has 1 unspecified atom stereocenters. The van der Waals surface area contributed by atoms with E-state index in [9.17, 15) is 4.79 Å². The van der Waals surface area contributed by atoms with Crippen LogP contribution in [0.1, 0.15) is 50.2 Å². The number of aryl methyl sites for hydroxylation is 1. The second-order valence-electron chi connectivity index (χ2n) is 7.23. The van der Waals surface area contributed by atoms with E-state index in [1.54, 1.807) is 11.7 Å². The minimum absolute atomic E-state index is 0.00705. The smallest absolute Gasteiger partial charge is 0.306 e. The van der Waals surface area contributed by atoms with Crippen LogP contribution in [-0.2, 0) is 21.3 Å². The second-order valence-corrected chi connectivity index (χ2v) is 7.23. The van der Waals surface area contributed by atoms with Crippen molar-refractivity contribution < 1.29 is 14.3 Å². The van der Waals surface area contributed by atoms with E-state index in [-0.39, 0.29) is 18.2 Å². The van der Waals surface area contributed by atoms with Gasteiger partial charge in [-0.15, -0.1) is 0 Å². The highest BCUT2D eigenvalue weighted by Gasteiger charge is 2.25. The Morgan fingerprint density at radius 1 is 1.44 bits per heavy atom. The molecule has 1 saturated heterocycles. The number of aromatic nitrogens is 2. The third kappa shape index (κ3) is 5.69. The van der Waals surface area contributed by atoms with E-state index >= 15 is 0 Å². The van der Waals surface area contributed by atoms with Crippen LogP contribution in [0.15, 0.2) is 17.4 Å². The normalized spacial score (nSPS) is 21.5. The lowest BCUT2D eigenvalue weighted by Gasteiger charge is -2.34. The van der Waals surface area contributed by atoms with Crippen LogP contribution in [0.5, 0.6) is 0 Å². The minimum atomic E-state index is -0.0818. The molecule has 1 aliphatic carbocycles. The Morgan fingerprint density at radius 3 is 2.96 bits per heavy atom. The molecule has 0 bridgehead atoms. The van der Waals surface area contributed by atoms with E-state index < -0.39 is 0 Å². The predicted molar refractivity (Wildman–Crippen MR) is 102 cm³/mol. The van der Waals surface area contributed by atoms with Gasteiger partial charge in [0, 0.05) is 45.4 Å². The molecule has 8 heteroatoms. The predicted octanol–water partition coefficient (Wildman–Crippen LogP) is 1.63. The van der Waals surface area contributed by atoms with E-state index in [0.717, 1.165) is 43.9 Å². The summed E-state index contributed by atoms with van der Waals surface area (Å²) in [6.45, 7) is 2.87. The zero-order valence-corrected chi connectivity index (χ0v) is 16.4. The van der Waals surface area contributed by atoms with Gasteiger partial charge in [-0.3, -0.25) is 14.5 Å². The standard InChI is InChI=1S/C19H31N5O3/c1-20-19(21-9-5-8-18(25)27-16-6-3-4-7-16)24-10-11-26-17(14-24)15-12-22-23(2)13-15/h12-13,16-17H,3-11,14H2,1-2H3,(H,20,21). The van der Waals surface area contributed by atoms with Gasteiger partial charge in [-0.25, -0.2) is 0 Å². The Kier molecular flexibility index (Phi) is 7.09. The summed E-state index contributed by atoms with van der Waals surface area (Å²) in [7, 11) is 3.69. The molecular formula is C19H31N5O3. The number of carbonyl (C=O) groups excluding carboxylic acids is 1. The maximum absolute atomic E-state index is 11.9. The zero-order valence-electron chi connectivity index (χ0n) is 16.4. The molecule has 2 aliphatic rings. The first-order valence-corrected chi connectivity index (χ1v) is 9.91. The topological polar surface area (TPSA) is 81.0 Å². The maximum atomic E-state index is 11.9. The van der Waals surface area contributed by atoms with Crippen LogP contribution in [0.4, 0.5) is 0 Å². The second kappa shape index (κ2) is 9.73. The first-order chi connectivity index (χ1) is 13.2. The van der Waals surface area contributed by atoms with Crippen molar-refractivity contribution in [2.75, 3.05) is 33.3 Å². The van der Waals surface area contributed by atoms with E-state index in [1.807, 2.05) is 19.4 Å². The summed E-state index contributed by atoms with van der Waals surface area (Å²) in [6, 6.07) is 0. The van der Waals surface area contributed by atoms with E-state index in [4.69, 9.17) is 9.47 Å². The first kappa shape index (κ1) is 19.7. The molecule has 2 heterocycles. The fourth-order valence-corrected chi connectivity index (χ4v) is 3.67. The molecule has 1 aromatic rings. The van der Waals surface area contributed by atoms with Crippen LogP contribution < -0.4 is 5.32 Å². The average molecular weight is 377 g/mol. The largest absolute Gasteiger partial charge is 0.462 e. The number of carbonyl (C=O) groups is 1. The Morgan fingerprint density at radius 2 is 2.26 bits per heavy atom. The average Bonchev–Trinajstić information content (AvgIpc) is 3.33. The SMILES string of the molecule is CN=C(NCCCC(=O)OC1CCCC1)N1CCOC(c2cnn(C)c2)C1. The number of nitrogens with zero attached hydrogens (tertiary/aromatic N) is 4. The summed E-state index contributed by atoms with van der Waals surface area (Å²) in [6.07, 6.45) is 9.55. The first-order valence-electron chi connectivity index (χ1n) is 9.91. The van der Waals surface area contributed by atoms with Crippen LogP contribution in [0.3, 0.4) is 0 Å². The molecule has 8 nitrogen and oxygen atoms in total. The van der Waals surface area contributed by atoms with Gasteiger partial charge >= 0.3 is 5.97 Å². The fourth-order valence-electron chi connectivity index (χ4n) is 3.67. The Bertz CT molecular complexity index is 639. The molecule has 0 aromatic carbocycles. The monoisotopic (exact) mass is 377 g/mol. The van der Waals surface area contributed by atoms with Gasteiger partial charge in [0.05, 0.1) is 19.3 Å². The number of esters is 1. The third-order valence-electron chi connectivity index (χ3n) is 5.12. The molecule has 1 N–H and O–H groups in total. The maximum Gasteiger partial charge on any atom is 0.306 e. The van der Waals surface area contributed by atoms with Gasteiger partial charge < -0.3 is 19.7 Å². The summed E-state index contributed by atoms with van der Waals surface area (Å²) in [5, 5.41) is 7.58. The molecule has 0 amide bonds. The lowest BCUT2D eigenvalue weighted by atomic mass is 10.1. The number of nitrogens with one attached hydrogen (secondary N) is 1. The van der Waals surface area contributed by atoms with Crippen LogP contribution in [-0.4, -0.2) is 66.0 Å². The Balaban J connectivity index is 1.39. The molecule has 1 aliphatic heterocycles. The van der Waals surface area contributed by atoms with Crippen LogP contribution >= 0.6 is 0 Å². The summed E-state index contributed by atoms with van der Waals surface area (Å²) in [5.41, 5.74) is 1.08. The van der Waals surface area contributed by atoms with Crippen molar-refractivity contribution in [1.29, 1.82) is 0 Å². The number of guanidine groups is 1. The van der Waals surface area contributed by atoms with Crippen molar-refractivity contribution >= 4 is 11.9 Å². The molecule has 1 saturated carbocycles. The highest BCUT2D eigenvalue weighted by atomic mass is 16.5. The molecule has 27 heavy (non-hydrogen) atoms. The van der Waals surface area contributed by atoms with Crippen molar-refractivity contribution in [2.24, 2.45) is 12.0 Å². The fraction of sp³-hybridized carbons (Fsp3) is 0.737. The van der Waals surface area contributed by atoms with Crippen LogP contribution in [0.25, 0.3) is 0 Å². The van der Waals surface area contributed by atoms with E-state index in [0.29, 0.717) is 19.6 Å². The van der Waals surface area contributed by atoms with Crippen molar-refractivity contribution in [1.82, 2.24) is 20.0 Å². The molecule has 3 rings (SSSR count). The van der Waals surface area contributed by atoms with Crippen LogP contribution in [0.2, 0.25) is 0 Å². The molecular weight excluding hydrogens is 346 g/mol. The number of hydrogen-bond acceptors (Lipinski definition) is 5. The van der Waals surface area contributed by atoms with Crippen molar-refractivity contribution in [3.05, 3.63) is 18.0 Å². The van der Waals surface area contributed by atoms with Gasteiger partial charge in [0.25, 0.3) is 0 Å². The number of hydrogen-bond donors (Lipinski definition) is 1. The van der Waals surface area contributed by atoms with E-state index in [1.165, 1.54) is 12.8 Å². The summed E-state index contributed by atoms with van der Waals surface area (Å²) in [5.74, 6) is 0.762. The summed E-state index contributed by atoms with van der Waals surface area (Å²) < 4.78 is 13.2. The highest BCUT2D eigenvalue weighted by Crippen LogP contribution is 2.22. The number of rotatable bonds is 6. The Labute approximate surface area is 160 Å². The molecule has 2 fully saturated rings. The lowest BCUT2D eigenvalue weighted by molar-refractivity contribution is -0.148. The van der Waals surface area contributed by atoms with Crippen molar-refractivity contribution in [3.63, 3.8) is 0 Å². The summed E-state index contributed by atoms with van der Waals surface area (Å²) >= 11 is 0. The highest BCUT2D eigenvalue weighted by molar-refractivity contribution is 5.80. The van der Waals surface area contributed by atoms with Gasteiger partial charge in [0.2, 0.25) is 0 Å². The van der Waals surface area contributed by atoms with Gasteiger partial charge in [-0.2, -0.15) is 5.10 Å². The Hall–Kier alpha value is -2.09. The molecule has 1 atom stereocenters. The lowest BCUT2D eigenvalue weighted by Crippen LogP contribution is -2.48. The number of aliphatic imine (C=N–C) groups is 1. The zero-order chi connectivity index (χ0) is 19.1. The van der Waals surface area contributed by atoms with E-state index in [2.05, 4.69) is 20.3 Å². The van der Waals surface area contributed by atoms with Gasteiger partial charge in [-0.1, -0.05) is 0 Å².